The molecule has 0 aromatic rings. The maximum Gasteiger partial charge on any atom is 0.187 e. The summed E-state index contributed by atoms with van der Waals surface area (Å²) < 4.78 is 0. The van der Waals surface area contributed by atoms with Crippen molar-refractivity contribution in [3.63, 3.8) is 0 Å². The Bertz CT molecular complexity index is 514. The molecule has 0 saturated carbocycles. The fraction of sp³-hybridized carbons (Fsp3) is 0.778. The molecule has 0 aliphatic carbocycles. The van der Waals surface area contributed by atoms with Gasteiger partial charge in [0, 0.05) is 6.54 Å². The van der Waals surface area contributed by atoms with Gasteiger partial charge in [0.15, 0.2) is 10.2 Å². The lowest BCUT2D eigenvalue weighted by Crippen LogP contribution is -2.41. The number of rotatable bonds is 13. The summed E-state index contributed by atoms with van der Waals surface area (Å²) in [4.78, 5) is 4.60. The molecule has 0 atom stereocenters. The van der Waals surface area contributed by atoms with Crippen molar-refractivity contribution in [1.29, 1.82) is 0 Å². The highest BCUT2D eigenvalue weighted by molar-refractivity contribution is 7.80. The standard InChI is InChI=1S/C18H38N8S2/c1-7-25(8-2)13-11-12-19-17(27)23-21-15(5)16(6)22-24-18(28)20-14-26(9-3)10-4/h7-14H2,1-6H3,(H2,19,23,27)(H2,20,24,28)/b21-15-,22-16-. The molecule has 0 fully saturated rings. The highest BCUT2D eigenvalue weighted by atomic mass is 32.1. The zero-order valence-corrected chi connectivity index (χ0v) is 19.9. The van der Waals surface area contributed by atoms with Crippen LogP contribution < -0.4 is 21.5 Å². The van der Waals surface area contributed by atoms with E-state index >= 15 is 0 Å². The maximum atomic E-state index is 5.25. The van der Waals surface area contributed by atoms with E-state index < -0.39 is 0 Å². The van der Waals surface area contributed by atoms with E-state index in [0.717, 1.165) is 57.1 Å². The number of hydrogen-bond acceptors (Lipinski definition) is 6. The summed E-state index contributed by atoms with van der Waals surface area (Å²) in [7, 11) is 0. The quantitative estimate of drug-likeness (QED) is 0.116. The van der Waals surface area contributed by atoms with Crippen molar-refractivity contribution in [2.75, 3.05) is 45.9 Å². The van der Waals surface area contributed by atoms with E-state index in [0.29, 0.717) is 16.9 Å². The Balaban J connectivity index is 4.19. The van der Waals surface area contributed by atoms with Crippen molar-refractivity contribution in [1.82, 2.24) is 31.3 Å². The SMILES string of the molecule is CCN(CC)CCCNC(=S)N/N=C(C)\C(C)=N/NC(=S)NCN(CC)CC. The third kappa shape index (κ3) is 12.9. The number of nitrogens with one attached hydrogen (secondary N) is 4. The zero-order chi connectivity index (χ0) is 21.4. The van der Waals surface area contributed by atoms with E-state index in [4.69, 9.17) is 24.4 Å². The monoisotopic (exact) mass is 430 g/mol. The normalized spacial score (nSPS) is 12.3. The minimum Gasteiger partial charge on any atom is -0.361 e. The van der Waals surface area contributed by atoms with Gasteiger partial charge in [-0.25, -0.2) is 0 Å². The molecule has 4 N–H and O–H groups in total. The molecule has 0 rings (SSSR count). The molecule has 0 spiro atoms. The first-order chi connectivity index (χ1) is 13.4. The molecule has 0 heterocycles. The highest BCUT2D eigenvalue weighted by Gasteiger charge is 2.02. The molecule has 0 aliphatic rings. The van der Waals surface area contributed by atoms with Crippen molar-refractivity contribution in [3.05, 3.63) is 0 Å². The summed E-state index contributed by atoms with van der Waals surface area (Å²) in [6.45, 7) is 18.9. The van der Waals surface area contributed by atoms with Gasteiger partial charge in [0.2, 0.25) is 0 Å². The van der Waals surface area contributed by atoms with Crippen LogP contribution in [0.2, 0.25) is 0 Å². The lowest BCUT2D eigenvalue weighted by atomic mass is 10.3. The van der Waals surface area contributed by atoms with Crippen molar-refractivity contribution in [2.45, 2.75) is 48.0 Å². The predicted octanol–water partition coefficient (Wildman–Crippen LogP) is 1.70. The van der Waals surface area contributed by atoms with Crippen LogP contribution in [0, 0.1) is 0 Å². The second-order valence-corrected chi connectivity index (χ2v) is 7.04. The van der Waals surface area contributed by atoms with Gasteiger partial charge in [-0.2, -0.15) is 10.2 Å². The molecule has 10 heteroatoms. The lowest BCUT2D eigenvalue weighted by molar-refractivity contribution is 0.298. The van der Waals surface area contributed by atoms with Gasteiger partial charge in [0.05, 0.1) is 18.1 Å². The third-order valence-electron chi connectivity index (χ3n) is 4.36. The third-order valence-corrected chi connectivity index (χ3v) is 4.83. The molecule has 0 aliphatic heterocycles. The molecule has 0 aromatic heterocycles. The van der Waals surface area contributed by atoms with E-state index in [-0.39, 0.29) is 0 Å². The Hall–Kier alpha value is -1.36. The van der Waals surface area contributed by atoms with Gasteiger partial charge >= 0.3 is 0 Å². The minimum atomic E-state index is 0.484. The zero-order valence-electron chi connectivity index (χ0n) is 18.3. The fourth-order valence-corrected chi connectivity index (χ4v) is 2.44. The van der Waals surface area contributed by atoms with Crippen LogP contribution in [0.3, 0.4) is 0 Å². The van der Waals surface area contributed by atoms with Gasteiger partial charge in [0.25, 0.3) is 0 Å². The van der Waals surface area contributed by atoms with Crippen LogP contribution in [0.5, 0.6) is 0 Å². The van der Waals surface area contributed by atoms with Gasteiger partial charge in [-0.1, -0.05) is 27.7 Å². The van der Waals surface area contributed by atoms with E-state index in [1.54, 1.807) is 0 Å². The van der Waals surface area contributed by atoms with Crippen molar-refractivity contribution in [2.24, 2.45) is 10.2 Å². The van der Waals surface area contributed by atoms with Gasteiger partial charge in [-0.05, 0) is 77.4 Å². The maximum absolute atomic E-state index is 5.25. The summed E-state index contributed by atoms with van der Waals surface area (Å²) in [6.07, 6.45) is 1.04. The van der Waals surface area contributed by atoms with Crippen molar-refractivity contribution >= 4 is 46.1 Å². The Morgan fingerprint density at radius 2 is 1.21 bits per heavy atom. The summed E-state index contributed by atoms with van der Waals surface area (Å²) in [5.74, 6) is 0. The van der Waals surface area contributed by atoms with Crippen LogP contribution in [0.15, 0.2) is 10.2 Å². The second kappa shape index (κ2) is 16.6. The second-order valence-electron chi connectivity index (χ2n) is 6.22. The smallest absolute Gasteiger partial charge is 0.187 e. The Labute approximate surface area is 181 Å². The first-order valence-corrected chi connectivity index (χ1v) is 10.8. The van der Waals surface area contributed by atoms with Crippen LogP contribution in [0.25, 0.3) is 0 Å². The average molecular weight is 431 g/mol. The summed E-state index contributed by atoms with van der Waals surface area (Å²) in [5.41, 5.74) is 7.15. The Morgan fingerprint density at radius 1 is 0.750 bits per heavy atom. The van der Waals surface area contributed by atoms with Crippen molar-refractivity contribution in [3.8, 4) is 0 Å². The molecular weight excluding hydrogens is 392 g/mol. The summed E-state index contributed by atoms with van der Waals surface area (Å²) in [5, 5.41) is 15.8. The van der Waals surface area contributed by atoms with E-state index in [2.05, 4.69) is 69.2 Å². The minimum absolute atomic E-state index is 0.484. The molecule has 0 unspecified atom stereocenters. The van der Waals surface area contributed by atoms with Crippen LogP contribution in [0.1, 0.15) is 48.0 Å². The Kier molecular flexibility index (Phi) is 15.8. The molecule has 8 nitrogen and oxygen atoms in total. The van der Waals surface area contributed by atoms with E-state index in [1.807, 2.05) is 13.8 Å². The van der Waals surface area contributed by atoms with E-state index in [1.165, 1.54) is 0 Å². The van der Waals surface area contributed by atoms with Gasteiger partial charge in [0.1, 0.15) is 0 Å². The van der Waals surface area contributed by atoms with Crippen LogP contribution >= 0.6 is 24.4 Å². The molecular formula is C18H38N8S2. The van der Waals surface area contributed by atoms with Crippen LogP contribution in [0.4, 0.5) is 0 Å². The predicted molar refractivity (Wildman–Crippen MR) is 129 cm³/mol. The fourth-order valence-electron chi connectivity index (χ4n) is 2.19. The molecule has 162 valence electrons. The first kappa shape index (κ1) is 26.6. The largest absolute Gasteiger partial charge is 0.361 e. The molecule has 0 bridgehead atoms. The van der Waals surface area contributed by atoms with Crippen LogP contribution in [-0.2, 0) is 0 Å². The Morgan fingerprint density at radius 3 is 1.68 bits per heavy atom. The summed E-state index contributed by atoms with van der Waals surface area (Å²) in [6, 6.07) is 0. The van der Waals surface area contributed by atoms with Gasteiger partial charge in [-0.15, -0.1) is 0 Å². The number of hydrazone groups is 2. The van der Waals surface area contributed by atoms with Crippen LogP contribution in [-0.4, -0.2) is 77.4 Å². The van der Waals surface area contributed by atoms with Gasteiger partial charge < -0.3 is 15.5 Å². The van der Waals surface area contributed by atoms with Crippen molar-refractivity contribution < 1.29 is 0 Å². The molecule has 0 amide bonds. The topological polar surface area (TPSA) is 79.3 Å². The molecule has 28 heavy (non-hydrogen) atoms. The average Bonchev–Trinajstić information content (AvgIpc) is 2.70. The highest BCUT2D eigenvalue weighted by Crippen LogP contribution is 1.89. The van der Waals surface area contributed by atoms with E-state index in [9.17, 15) is 0 Å². The lowest BCUT2D eigenvalue weighted by Gasteiger charge is -2.19. The van der Waals surface area contributed by atoms with Gasteiger partial charge in [-0.3, -0.25) is 15.8 Å². The number of hydrogen-bond donors (Lipinski definition) is 4. The molecule has 0 saturated heterocycles. The first-order valence-electron chi connectivity index (χ1n) is 9.99. The summed E-state index contributed by atoms with van der Waals surface area (Å²) >= 11 is 10.5. The molecule has 0 radical (unpaired) electrons. The molecule has 0 aromatic carbocycles. The number of thiocarbonyl (C=S) groups is 2. The number of nitrogens with zero attached hydrogens (tertiary/aromatic N) is 4.